The molecule has 3 N–H and O–H groups in total. The largest absolute Gasteiger partial charge is 0.489 e. The van der Waals surface area contributed by atoms with E-state index in [0.29, 0.717) is 17.9 Å². The van der Waals surface area contributed by atoms with Gasteiger partial charge < -0.3 is 15.8 Å². The summed E-state index contributed by atoms with van der Waals surface area (Å²) in [5.74, 6) is 0.584. The Bertz CT molecular complexity index is 375. The third kappa shape index (κ3) is 4.87. The number of benzene rings is 1. The summed E-state index contributed by atoms with van der Waals surface area (Å²) in [7, 11) is 0. The quantitative estimate of drug-likeness (QED) is 0.823. The maximum atomic E-state index is 11.6. The fraction of sp³-hybridized carbons (Fsp3) is 0.462. The SMILES string of the molecule is CC(N)CC(=O)Nc1ccccc1OC(C)C. The number of nitrogens with one attached hydrogen (secondary N) is 1. The minimum absolute atomic E-state index is 0.0708. The van der Waals surface area contributed by atoms with Crippen molar-refractivity contribution in [1.82, 2.24) is 0 Å². The molecule has 0 heterocycles. The second kappa shape index (κ2) is 6.25. The molecule has 0 fully saturated rings. The monoisotopic (exact) mass is 236 g/mol. The highest BCUT2D eigenvalue weighted by Crippen LogP contribution is 2.24. The Morgan fingerprint density at radius 2 is 2.00 bits per heavy atom. The number of amides is 1. The molecule has 0 spiro atoms. The molecule has 1 unspecified atom stereocenters. The standard InChI is InChI=1S/C13H20N2O2/c1-9(2)17-12-7-5-4-6-11(12)15-13(16)8-10(3)14/h4-7,9-10H,8,14H2,1-3H3,(H,15,16). The summed E-state index contributed by atoms with van der Waals surface area (Å²) in [5, 5.41) is 2.80. The van der Waals surface area contributed by atoms with Crippen LogP contribution in [0.15, 0.2) is 24.3 Å². The molecule has 0 saturated heterocycles. The van der Waals surface area contributed by atoms with Crippen molar-refractivity contribution in [3.05, 3.63) is 24.3 Å². The molecule has 94 valence electrons. The van der Waals surface area contributed by atoms with Gasteiger partial charge in [0.05, 0.1) is 11.8 Å². The van der Waals surface area contributed by atoms with Crippen LogP contribution in [-0.4, -0.2) is 18.1 Å². The molecule has 0 aromatic heterocycles. The summed E-state index contributed by atoms with van der Waals surface area (Å²) < 4.78 is 5.61. The van der Waals surface area contributed by atoms with Gasteiger partial charge in [-0.15, -0.1) is 0 Å². The Balaban J connectivity index is 2.72. The summed E-state index contributed by atoms with van der Waals surface area (Å²) in [6.07, 6.45) is 0.372. The van der Waals surface area contributed by atoms with Gasteiger partial charge in [0.25, 0.3) is 0 Å². The molecule has 0 aliphatic carbocycles. The molecule has 4 heteroatoms. The third-order valence-electron chi connectivity index (χ3n) is 2.03. The van der Waals surface area contributed by atoms with Crippen LogP contribution in [0.1, 0.15) is 27.2 Å². The highest BCUT2D eigenvalue weighted by atomic mass is 16.5. The zero-order chi connectivity index (χ0) is 12.8. The summed E-state index contributed by atoms with van der Waals surface area (Å²) >= 11 is 0. The molecular weight excluding hydrogens is 216 g/mol. The van der Waals surface area contributed by atoms with E-state index in [1.165, 1.54) is 0 Å². The van der Waals surface area contributed by atoms with Crippen molar-refractivity contribution >= 4 is 11.6 Å². The lowest BCUT2D eigenvalue weighted by molar-refractivity contribution is -0.116. The molecule has 0 radical (unpaired) electrons. The Hall–Kier alpha value is -1.55. The van der Waals surface area contributed by atoms with E-state index in [2.05, 4.69) is 5.32 Å². The van der Waals surface area contributed by atoms with Gasteiger partial charge in [-0.3, -0.25) is 4.79 Å². The van der Waals surface area contributed by atoms with Crippen LogP contribution in [0.3, 0.4) is 0 Å². The molecule has 1 rings (SSSR count). The first kappa shape index (κ1) is 13.5. The van der Waals surface area contributed by atoms with Crippen molar-refractivity contribution in [2.24, 2.45) is 5.73 Å². The van der Waals surface area contributed by atoms with Crippen LogP contribution >= 0.6 is 0 Å². The van der Waals surface area contributed by atoms with E-state index in [-0.39, 0.29) is 18.1 Å². The molecule has 17 heavy (non-hydrogen) atoms. The van der Waals surface area contributed by atoms with Crippen molar-refractivity contribution in [1.29, 1.82) is 0 Å². The Kier molecular flexibility index (Phi) is 4.97. The van der Waals surface area contributed by atoms with Crippen molar-refractivity contribution in [2.45, 2.75) is 39.3 Å². The molecule has 1 atom stereocenters. The van der Waals surface area contributed by atoms with Crippen LogP contribution in [0.4, 0.5) is 5.69 Å². The highest BCUT2D eigenvalue weighted by Gasteiger charge is 2.09. The Labute approximate surface area is 102 Å². The van der Waals surface area contributed by atoms with Crippen molar-refractivity contribution in [3.8, 4) is 5.75 Å². The Morgan fingerprint density at radius 1 is 1.35 bits per heavy atom. The van der Waals surface area contributed by atoms with Crippen LogP contribution in [-0.2, 0) is 4.79 Å². The van der Waals surface area contributed by atoms with Crippen molar-refractivity contribution < 1.29 is 9.53 Å². The van der Waals surface area contributed by atoms with Gasteiger partial charge in [-0.1, -0.05) is 12.1 Å². The number of nitrogens with two attached hydrogens (primary N) is 1. The van der Waals surface area contributed by atoms with Gasteiger partial charge >= 0.3 is 0 Å². The first-order valence-electron chi connectivity index (χ1n) is 5.80. The van der Waals surface area contributed by atoms with Crippen molar-refractivity contribution in [3.63, 3.8) is 0 Å². The maximum absolute atomic E-state index is 11.6. The number of anilines is 1. The number of hydrogen-bond donors (Lipinski definition) is 2. The second-order valence-corrected chi connectivity index (χ2v) is 4.39. The molecule has 1 aromatic rings. The van der Waals surface area contributed by atoms with E-state index in [1.54, 1.807) is 6.92 Å². The molecular formula is C13H20N2O2. The number of carbonyl (C=O) groups excluding carboxylic acids is 1. The minimum atomic E-state index is -0.145. The van der Waals surface area contributed by atoms with Gasteiger partial charge in [-0.2, -0.15) is 0 Å². The molecule has 0 aliphatic heterocycles. The average molecular weight is 236 g/mol. The van der Waals surface area contributed by atoms with Crippen molar-refractivity contribution in [2.75, 3.05) is 5.32 Å². The number of para-hydroxylation sites is 2. The normalized spacial score (nSPS) is 12.3. The van der Waals surface area contributed by atoms with Crippen LogP contribution in [0, 0.1) is 0 Å². The van der Waals surface area contributed by atoms with Gasteiger partial charge in [0.2, 0.25) is 5.91 Å². The first-order chi connectivity index (χ1) is 7.99. The van der Waals surface area contributed by atoms with Gasteiger partial charge in [0.1, 0.15) is 5.75 Å². The number of ether oxygens (including phenoxy) is 1. The summed E-state index contributed by atoms with van der Waals surface area (Å²) in [5.41, 5.74) is 6.26. The van der Waals surface area contributed by atoms with E-state index in [4.69, 9.17) is 10.5 Å². The van der Waals surface area contributed by atoms with E-state index >= 15 is 0 Å². The topological polar surface area (TPSA) is 64.4 Å². The van der Waals surface area contributed by atoms with Crippen LogP contribution in [0.2, 0.25) is 0 Å². The van der Waals surface area contributed by atoms with Crippen LogP contribution in [0.5, 0.6) is 5.75 Å². The molecule has 0 bridgehead atoms. The van der Waals surface area contributed by atoms with E-state index in [9.17, 15) is 4.79 Å². The molecule has 0 aliphatic rings. The zero-order valence-corrected chi connectivity index (χ0v) is 10.6. The minimum Gasteiger partial charge on any atom is -0.489 e. The lowest BCUT2D eigenvalue weighted by Crippen LogP contribution is -2.24. The van der Waals surface area contributed by atoms with Crippen LogP contribution < -0.4 is 15.8 Å². The molecule has 1 amide bonds. The van der Waals surface area contributed by atoms with E-state index in [0.717, 1.165) is 0 Å². The maximum Gasteiger partial charge on any atom is 0.226 e. The van der Waals surface area contributed by atoms with Gasteiger partial charge in [0, 0.05) is 12.5 Å². The summed E-state index contributed by atoms with van der Waals surface area (Å²) in [4.78, 5) is 11.6. The van der Waals surface area contributed by atoms with E-state index in [1.807, 2.05) is 38.1 Å². The zero-order valence-electron chi connectivity index (χ0n) is 10.6. The first-order valence-corrected chi connectivity index (χ1v) is 5.80. The number of carbonyl (C=O) groups is 1. The number of hydrogen-bond acceptors (Lipinski definition) is 3. The van der Waals surface area contributed by atoms with Gasteiger partial charge in [0.15, 0.2) is 0 Å². The van der Waals surface area contributed by atoms with Gasteiger partial charge in [-0.25, -0.2) is 0 Å². The molecule has 4 nitrogen and oxygen atoms in total. The Morgan fingerprint density at radius 3 is 2.59 bits per heavy atom. The third-order valence-corrected chi connectivity index (χ3v) is 2.03. The lowest BCUT2D eigenvalue weighted by atomic mass is 10.2. The molecule has 0 saturated carbocycles. The average Bonchev–Trinajstić information content (AvgIpc) is 2.18. The van der Waals surface area contributed by atoms with Crippen LogP contribution in [0.25, 0.3) is 0 Å². The van der Waals surface area contributed by atoms with Gasteiger partial charge in [-0.05, 0) is 32.9 Å². The predicted octanol–water partition coefficient (Wildman–Crippen LogP) is 2.15. The molecule has 1 aromatic carbocycles. The predicted molar refractivity (Wildman–Crippen MR) is 69.1 cm³/mol. The summed E-state index contributed by atoms with van der Waals surface area (Å²) in [6, 6.07) is 7.24. The highest BCUT2D eigenvalue weighted by molar-refractivity contribution is 5.92. The summed E-state index contributed by atoms with van der Waals surface area (Å²) in [6.45, 7) is 5.69. The number of rotatable bonds is 5. The smallest absolute Gasteiger partial charge is 0.226 e. The lowest BCUT2D eigenvalue weighted by Gasteiger charge is -2.15. The fourth-order valence-corrected chi connectivity index (χ4v) is 1.42. The fourth-order valence-electron chi connectivity index (χ4n) is 1.42. The van der Waals surface area contributed by atoms with E-state index < -0.39 is 0 Å². The second-order valence-electron chi connectivity index (χ2n) is 4.39.